The van der Waals surface area contributed by atoms with E-state index in [1.165, 1.54) is 0 Å². The fourth-order valence-electron chi connectivity index (χ4n) is 0.613. The summed E-state index contributed by atoms with van der Waals surface area (Å²) >= 11 is 0. The van der Waals surface area contributed by atoms with Crippen molar-refractivity contribution in [3.8, 4) is 0 Å². The van der Waals surface area contributed by atoms with Gasteiger partial charge in [-0.15, -0.1) is 0 Å². The van der Waals surface area contributed by atoms with Gasteiger partial charge in [0, 0.05) is 6.42 Å². The number of carbonyl (C=O) groups is 2. The number of aldehydes is 1. The minimum absolute atomic E-state index is 0.137. The first-order chi connectivity index (χ1) is 5.31. The lowest BCUT2D eigenvalue weighted by atomic mass is 10.2. The molecular weight excluding hydrogens is 146 g/mol. The first kappa shape index (κ1) is 10.1. The second-order valence-corrected chi connectivity index (χ2v) is 2.10. The lowest BCUT2D eigenvalue weighted by molar-refractivity contribution is -0.145. The Kier molecular flexibility index (Phi) is 6.62. The zero-order valence-corrected chi connectivity index (χ0v) is 6.41. The maximum absolute atomic E-state index is 10.7. The second kappa shape index (κ2) is 7.21. The zero-order valence-electron chi connectivity index (χ0n) is 6.41. The molecule has 0 bridgehead atoms. The highest BCUT2D eigenvalue weighted by atomic mass is 16.5. The van der Waals surface area contributed by atoms with E-state index in [1.54, 1.807) is 0 Å². The van der Waals surface area contributed by atoms with Gasteiger partial charge in [0.05, 0.1) is 0 Å². The third kappa shape index (κ3) is 6.99. The molecule has 0 saturated heterocycles. The van der Waals surface area contributed by atoms with Gasteiger partial charge in [0.25, 0.3) is 0 Å². The predicted molar refractivity (Wildman–Crippen MR) is 39.9 cm³/mol. The molecule has 0 heterocycles. The van der Waals surface area contributed by atoms with E-state index in [2.05, 4.69) is 4.74 Å². The normalized spacial score (nSPS) is 9.18. The molecule has 0 saturated carbocycles. The van der Waals surface area contributed by atoms with Crippen LogP contribution < -0.4 is 5.73 Å². The molecule has 11 heavy (non-hydrogen) atoms. The maximum Gasteiger partial charge on any atom is 0.306 e. The fraction of sp³-hybridized carbons (Fsp3) is 0.714. The van der Waals surface area contributed by atoms with Crippen molar-refractivity contribution in [2.75, 3.05) is 13.2 Å². The monoisotopic (exact) mass is 159 g/mol. The van der Waals surface area contributed by atoms with E-state index in [-0.39, 0.29) is 12.6 Å². The molecule has 0 aliphatic heterocycles. The third-order valence-corrected chi connectivity index (χ3v) is 1.15. The molecule has 0 aromatic heterocycles. The van der Waals surface area contributed by atoms with Crippen LogP contribution in [-0.2, 0) is 14.3 Å². The number of hydrogen-bond donors (Lipinski definition) is 1. The molecule has 0 aromatic carbocycles. The van der Waals surface area contributed by atoms with Crippen LogP contribution in [0.1, 0.15) is 19.3 Å². The fourth-order valence-corrected chi connectivity index (χ4v) is 0.613. The Morgan fingerprint density at radius 1 is 1.45 bits per heavy atom. The van der Waals surface area contributed by atoms with Crippen molar-refractivity contribution in [3.63, 3.8) is 0 Å². The van der Waals surface area contributed by atoms with Gasteiger partial charge in [0.15, 0.2) is 6.29 Å². The quantitative estimate of drug-likeness (QED) is 0.332. The zero-order chi connectivity index (χ0) is 8.53. The molecule has 4 nitrogen and oxygen atoms in total. The number of carbonyl (C=O) groups excluding carboxylic acids is 2. The van der Waals surface area contributed by atoms with Crippen molar-refractivity contribution in [1.82, 2.24) is 0 Å². The van der Waals surface area contributed by atoms with Gasteiger partial charge in [-0.2, -0.15) is 0 Å². The van der Waals surface area contributed by atoms with Crippen molar-refractivity contribution in [3.05, 3.63) is 0 Å². The van der Waals surface area contributed by atoms with Crippen LogP contribution in [-0.4, -0.2) is 25.4 Å². The van der Waals surface area contributed by atoms with Crippen LogP contribution in [0.15, 0.2) is 0 Å². The number of nitrogens with two attached hydrogens (primary N) is 1. The first-order valence-corrected chi connectivity index (χ1v) is 3.60. The van der Waals surface area contributed by atoms with Gasteiger partial charge in [-0.3, -0.25) is 9.59 Å². The number of rotatable bonds is 6. The highest BCUT2D eigenvalue weighted by Crippen LogP contribution is 1.95. The second-order valence-electron chi connectivity index (χ2n) is 2.10. The highest BCUT2D eigenvalue weighted by molar-refractivity contribution is 5.71. The summed E-state index contributed by atoms with van der Waals surface area (Å²) in [6, 6.07) is 0. The van der Waals surface area contributed by atoms with Gasteiger partial charge in [0.1, 0.15) is 6.61 Å². The smallest absolute Gasteiger partial charge is 0.306 e. The third-order valence-electron chi connectivity index (χ3n) is 1.15. The maximum atomic E-state index is 10.7. The Bertz CT molecular complexity index is 125. The molecule has 0 aliphatic carbocycles. The minimum Gasteiger partial charge on any atom is -0.458 e. The molecule has 0 aliphatic rings. The van der Waals surface area contributed by atoms with Gasteiger partial charge < -0.3 is 10.5 Å². The van der Waals surface area contributed by atoms with E-state index in [4.69, 9.17) is 5.73 Å². The number of ether oxygens (including phenoxy) is 1. The Morgan fingerprint density at radius 3 is 2.73 bits per heavy atom. The van der Waals surface area contributed by atoms with Crippen LogP contribution in [0.25, 0.3) is 0 Å². The van der Waals surface area contributed by atoms with Crippen LogP contribution in [0.2, 0.25) is 0 Å². The molecule has 4 heteroatoms. The van der Waals surface area contributed by atoms with Gasteiger partial charge in [-0.1, -0.05) is 0 Å². The van der Waals surface area contributed by atoms with Crippen molar-refractivity contribution < 1.29 is 14.3 Å². The van der Waals surface area contributed by atoms with E-state index in [0.29, 0.717) is 19.3 Å². The summed E-state index contributed by atoms with van der Waals surface area (Å²) < 4.78 is 4.49. The SMILES string of the molecule is NCCCCC(=O)OCC=O. The first-order valence-electron chi connectivity index (χ1n) is 3.60. The number of esters is 1. The van der Waals surface area contributed by atoms with E-state index >= 15 is 0 Å². The van der Waals surface area contributed by atoms with E-state index < -0.39 is 0 Å². The molecule has 0 atom stereocenters. The average Bonchev–Trinajstić information content (AvgIpc) is 2.01. The van der Waals surface area contributed by atoms with E-state index in [0.717, 1.165) is 12.8 Å². The Morgan fingerprint density at radius 2 is 2.18 bits per heavy atom. The molecule has 2 N–H and O–H groups in total. The lowest BCUT2D eigenvalue weighted by Gasteiger charge is -1.98. The molecule has 0 fully saturated rings. The van der Waals surface area contributed by atoms with E-state index in [1.807, 2.05) is 0 Å². The summed E-state index contributed by atoms with van der Waals surface area (Å²) in [5, 5.41) is 0. The average molecular weight is 159 g/mol. The van der Waals surface area contributed by atoms with Crippen LogP contribution in [0.3, 0.4) is 0 Å². The molecule has 0 aromatic rings. The topological polar surface area (TPSA) is 69.4 Å². The Hall–Kier alpha value is -0.900. The molecule has 0 spiro atoms. The van der Waals surface area contributed by atoms with Gasteiger partial charge in [0.2, 0.25) is 0 Å². The summed E-state index contributed by atoms with van der Waals surface area (Å²) in [6.07, 6.45) is 2.45. The Balaban J connectivity index is 3.15. The molecule has 64 valence electrons. The molecule has 0 radical (unpaired) electrons. The van der Waals surface area contributed by atoms with E-state index in [9.17, 15) is 9.59 Å². The van der Waals surface area contributed by atoms with Crippen molar-refractivity contribution in [2.24, 2.45) is 5.73 Å². The van der Waals surface area contributed by atoms with Crippen LogP contribution in [0.5, 0.6) is 0 Å². The lowest BCUT2D eigenvalue weighted by Crippen LogP contribution is -2.07. The van der Waals surface area contributed by atoms with Crippen molar-refractivity contribution >= 4 is 12.3 Å². The molecule has 0 amide bonds. The van der Waals surface area contributed by atoms with Crippen LogP contribution in [0, 0.1) is 0 Å². The molecule has 0 rings (SSSR count). The van der Waals surface area contributed by atoms with Gasteiger partial charge in [-0.25, -0.2) is 0 Å². The van der Waals surface area contributed by atoms with Crippen LogP contribution >= 0.6 is 0 Å². The van der Waals surface area contributed by atoms with Crippen LogP contribution in [0.4, 0.5) is 0 Å². The predicted octanol–water partition coefficient (Wildman–Crippen LogP) is -0.143. The largest absolute Gasteiger partial charge is 0.458 e. The Labute approximate surface area is 65.7 Å². The van der Waals surface area contributed by atoms with Gasteiger partial charge >= 0.3 is 5.97 Å². The highest BCUT2D eigenvalue weighted by Gasteiger charge is 1.99. The summed E-state index contributed by atoms with van der Waals surface area (Å²) in [7, 11) is 0. The molecule has 0 unspecified atom stereocenters. The standard InChI is InChI=1S/C7H13NO3/c8-4-2-1-3-7(10)11-6-5-9/h5H,1-4,6,8H2. The number of unbranched alkanes of at least 4 members (excludes halogenated alkanes) is 1. The van der Waals surface area contributed by atoms with Crippen molar-refractivity contribution in [1.29, 1.82) is 0 Å². The minimum atomic E-state index is -0.328. The molecular formula is C7H13NO3. The summed E-state index contributed by atoms with van der Waals surface area (Å²) in [6.45, 7) is 0.447. The number of hydrogen-bond acceptors (Lipinski definition) is 4. The summed E-state index contributed by atoms with van der Waals surface area (Å²) in [5.41, 5.74) is 5.21. The summed E-state index contributed by atoms with van der Waals surface area (Å²) in [4.78, 5) is 20.4. The summed E-state index contributed by atoms with van der Waals surface area (Å²) in [5.74, 6) is -0.328. The van der Waals surface area contributed by atoms with Gasteiger partial charge in [-0.05, 0) is 19.4 Å². The van der Waals surface area contributed by atoms with Crippen molar-refractivity contribution in [2.45, 2.75) is 19.3 Å².